The molecular weight excluding hydrogens is 262 g/mol. The molecule has 1 aliphatic carbocycles. The molecule has 104 valence electrons. The zero-order valence-electron chi connectivity index (χ0n) is 11.4. The molecule has 0 bridgehead atoms. The third-order valence-corrected chi connectivity index (χ3v) is 3.75. The number of nitrogens with one attached hydrogen (secondary N) is 1. The van der Waals surface area contributed by atoms with Gasteiger partial charge in [0.15, 0.2) is 6.10 Å². The Labute approximate surface area is 119 Å². The van der Waals surface area contributed by atoms with Gasteiger partial charge in [-0.2, -0.15) is 0 Å². The second kappa shape index (κ2) is 6.29. The van der Waals surface area contributed by atoms with Crippen LogP contribution in [0.25, 0.3) is 0 Å². The normalized spacial score (nSPS) is 17.2. The largest absolute Gasteiger partial charge is 0.481 e. The van der Waals surface area contributed by atoms with Gasteiger partial charge in [0.25, 0.3) is 5.91 Å². The van der Waals surface area contributed by atoms with E-state index in [1.54, 1.807) is 19.1 Å². The number of hydrogen-bond donors (Lipinski definition) is 1. The van der Waals surface area contributed by atoms with Crippen molar-refractivity contribution < 1.29 is 9.53 Å². The van der Waals surface area contributed by atoms with Crippen molar-refractivity contribution in [3.8, 4) is 5.75 Å². The van der Waals surface area contributed by atoms with Crippen LogP contribution < -0.4 is 10.1 Å². The fraction of sp³-hybridized carbons (Fsp3) is 0.533. The first kappa shape index (κ1) is 14.2. The van der Waals surface area contributed by atoms with Gasteiger partial charge in [0, 0.05) is 11.1 Å². The van der Waals surface area contributed by atoms with Crippen molar-refractivity contribution in [1.82, 2.24) is 5.32 Å². The second-order valence-corrected chi connectivity index (χ2v) is 5.60. The molecule has 1 aromatic carbocycles. The lowest BCUT2D eigenvalue weighted by molar-refractivity contribution is -0.127. The minimum Gasteiger partial charge on any atom is -0.481 e. The molecule has 0 saturated heterocycles. The van der Waals surface area contributed by atoms with Crippen LogP contribution in [0.1, 0.15) is 38.2 Å². The van der Waals surface area contributed by atoms with Gasteiger partial charge in [-0.15, -0.1) is 0 Å². The van der Waals surface area contributed by atoms with Crippen LogP contribution in [-0.2, 0) is 4.79 Å². The lowest BCUT2D eigenvalue weighted by atomic mass is 10.2. The molecule has 1 aliphatic rings. The number of rotatable bonds is 4. The van der Waals surface area contributed by atoms with Crippen LogP contribution in [0.2, 0.25) is 5.02 Å². The molecule has 1 amide bonds. The number of carbonyl (C=O) groups is 1. The summed E-state index contributed by atoms with van der Waals surface area (Å²) in [5, 5.41) is 3.71. The number of hydrogen-bond acceptors (Lipinski definition) is 2. The molecule has 0 heterocycles. The molecule has 1 unspecified atom stereocenters. The highest BCUT2D eigenvalue weighted by atomic mass is 35.5. The average molecular weight is 282 g/mol. The van der Waals surface area contributed by atoms with Gasteiger partial charge in [-0.1, -0.05) is 24.4 Å². The molecule has 2 rings (SSSR count). The van der Waals surface area contributed by atoms with E-state index in [-0.39, 0.29) is 5.91 Å². The SMILES string of the molecule is Cc1cc(Cl)ccc1OC(C)C(=O)NC1CCCC1. The highest BCUT2D eigenvalue weighted by Crippen LogP contribution is 2.23. The summed E-state index contributed by atoms with van der Waals surface area (Å²) >= 11 is 5.89. The zero-order valence-corrected chi connectivity index (χ0v) is 12.2. The average Bonchev–Trinajstić information content (AvgIpc) is 2.85. The number of halogens is 1. The molecule has 1 fully saturated rings. The second-order valence-electron chi connectivity index (χ2n) is 5.16. The number of carbonyl (C=O) groups excluding carboxylic acids is 1. The Kier molecular flexibility index (Phi) is 4.70. The lowest BCUT2D eigenvalue weighted by Crippen LogP contribution is -2.41. The van der Waals surface area contributed by atoms with Crippen LogP contribution in [-0.4, -0.2) is 18.1 Å². The summed E-state index contributed by atoms with van der Waals surface area (Å²) in [6, 6.07) is 5.73. The van der Waals surface area contributed by atoms with Gasteiger partial charge in [0.1, 0.15) is 5.75 Å². The van der Waals surface area contributed by atoms with Gasteiger partial charge in [0.2, 0.25) is 0 Å². The minimum atomic E-state index is -0.486. The van der Waals surface area contributed by atoms with Crippen molar-refractivity contribution in [3.05, 3.63) is 28.8 Å². The van der Waals surface area contributed by atoms with E-state index in [1.165, 1.54) is 12.8 Å². The number of benzene rings is 1. The fourth-order valence-electron chi connectivity index (χ4n) is 2.38. The first-order chi connectivity index (χ1) is 9.06. The van der Waals surface area contributed by atoms with Gasteiger partial charge >= 0.3 is 0 Å². The molecule has 1 N–H and O–H groups in total. The van der Waals surface area contributed by atoms with Gasteiger partial charge < -0.3 is 10.1 Å². The van der Waals surface area contributed by atoms with Crippen LogP contribution in [0.4, 0.5) is 0 Å². The van der Waals surface area contributed by atoms with Crippen LogP contribution in [0.15, 0.2) is 18.2 Å². The molecule has 4 heteroatoms. The molecule has 1 aromatic rings. The summed E-state index contributed by atoms with van der Waals surface area (Å²) < 4.78 is 5.70. The molecule has 0 aromatic heterocycles. The van der Waals surface area contributed by atoms with E-state index in [0.29, 0.717) is 16.8 Å². The van der Waals surface area contributed by atoms with Crippen molar-refractivity contribution in [2.75, 3.05) is 0 Å². The first-order valence-corrected chi connectivity index (χ1v) is 7.17. The summed E-state index contributed by atoms with van der Waals surface area (Å²) in [4.78, 5) is 12.0. The van der Waals surface area contributed by atoms with Crippen molar-refractivity contribution in [2.24, 2.45) is 0 Å². The molecule has 0 spiro atoms. The van der Waals surface area contributed by atoms with Crippen molar-refractivity contribution in [3.63, 3.8) is 0 Å². The third-order valence-electron chi connectivity index (χ3n) is 3.51. The monoisotopic (exact) mass is 281 g/mol. The highest BCUT2D eigenvalue weighted by molar-refractivity contribution is 6.30. The lowest BCUT2D eigenvalue weighted by Gasteiger charge is -2.19. The smallest absolute Gasteiger partial charge is 0.260 e. The van der Waals surface area contributed by atoms with E-state index < -0.39 is 6.10 Å². The molecular formula is C15H20ClNO2. The summed E-state index contributed by atoms with van der Waals surface area (Å²) in [6.07, 6.45) is 4.09. The first-order valence-electron chi connectivity index (χ1n) is 6.79. The summed E-state index contributed by atoms with van der Waals surface area (Å²) in [5.41, 5.74) is 0.938. The van der Waals surface area contributed by atoms with Gasteiger partial charge in [-0.25, -0.2) is 0 Å². The Morgan fingerprint density at radius 1 is 1.42 bits per heavy atom. The number of aryl methyl sites for hydroxylation is 1. The summed E-state index contributed by atoms with van der Waals surface area (Å²) in [6.45, 7) is 3.70. The highest BCUT2D eigenvalue weighted by Gasteiger charge is 2.21. The summed E-state index contributed by atoms with van der Waals surface area (Å²) in [5.74, 6) is 0.666. The van der Waals surface area contributed by atoms with Crippen molar-refractivity contribution >= 4 is 17.5 Å². The van der Waals surface area contributed by atoms with Gasteiger partial charge in [-0.3, -0.25) is 4.79 Å². The van der Waals surface area contributed by atoms with Crippen LogP contribution in [0, 0.1) is 6.92 Å². The predicted molar refractivity (Wildman–Crippen MR) is 76.7 cm³/mol. The third kappa shape index (κ3) is 3.87. The Balaban J connectivity index is 1.92. The van der Waals surface area contributed by atoms with E-state index in [4.69, 9.17) is 16.3 Å². The predicted octanol–water partition coefficient (Wildman–Crippen LogP) is 3.47. The Morgan fingerprint density at radius 2 is 2.11 bits per heavy atom. The molecule has 19 heavy (non-hydrogen) atoms. The topological polar surface area (TPSA) is 38.3 Å². The number of amides is 1. The molecule has 1 saturated carbocycles. The van der Waals surface area contributed by atoms with Gasteiger partial charge in [-0.05, 0) is 50.5 Å². The Morgan fingerprint density at radius 3 is 2.74 bits per heavy atom. The molecule has 3 nitrogen and oxygen atoms in total. The molecule has 0 aliphatic heterocycles. The molecule has 0 radical (unpaired) electrons. The van der Waals surface area contributed by atoms with E-state index in [0.717, 1.165) is 18.4 Å². The quantitative estimate of drug-likeness (QED) is 0.918. The fourth-order valence-corrected chi connectivity index (χ4v) is 2.60. The van der Waals surface area contributed by atoms with Crippen LogP contribution in [0.3, 0.4) is 0 Å². The summed E-state index contributed by atoms with van der Waals surface area (Å²) in [7, 11) is 0. The maximum absolute atomic E-state index is 12.0. The number of ether oxygens (including phenoxy) is 1. The van der Waals surface area contributed by atoms with Gasteiger partial charge in [0.05, 0.1) is 0 Å². The van der Waals surface area contributed by atoms with E-state index >= 15 is 0 Å². The van der Waals surface area contributed by atoms with Crippen molar-refractivity contribution in [1.29, 1.82) is 0 Å². The van der Waals surface area contributed by atoms with Crippen molar-refractivity contribution in [2.45, 2.75) is 51.7 Å². The van der Waals surface area contributed by atoms with Crippen LogP contribution >= 0.6 is 11.6 Å². The Hall–Kier alpha value is -1.22. The minimum absolute atomic E-state index is 0.0405. The van der Waals surface area contributed by atoms with E-state index in [2.05, 4.69) is 5.32 Å². The van der Waals surface area contributed by atoms with E-state index in [1.807, 2.05) is 13.0 Å². The zero-order chi connectivity index (χ0) is 13.8. The maximum Gasteiger partial charge on any atom is 0.260 e. The van der Waals surface area contributed by atoms with E-state index in [9.17, 15) is 4.79 Å². The maximum atomic E-state index is 12.0. The standard InChI is InChI=1S/C15H20ClNO2/c1-10-9-12(16)7-8-14(10)19-11(2)15(18)17-13-5-3-4-6-13/h7-9,11,13H,3-6H2,1-2H3,(H,17,18). The Bertz CT molecular complexity index is 455. The van der Waals surface area contributed by atoms with Crippen LogP contribution in [0.5, 0.6) is 5.75 Å². The molecule has 1 atom stereocenters.